The lowest BCUT2D eigenvalue weighted by molar-refractivity contribution is -0.660. The smallest absolute Gasteiger partial charge is 0.201 e. The van der Waals surface area contributed by atoms with E-state index in [0.717, 1.165) is 0 Å². The van der Waals surface area contributed by atoms with Gasteiger partial charge in [0.1, 0.15) is 7.05 Å². The summed E-state index contributed by atoms with van der Waals surface area (Å²) >= 11 is 0. The molecule has 1 aliphatic rings. The van der Waals surface area contributed by atoms with Crippen LogP contribution in [0.1, 0.15) is 5.56 Å². The first-order chi connectivity index (χ1) is 15.7. The number of pyridine rings is 1. The second-order valence-corrected chi connectivity index (χ2v) is 8.55. The summed E-state index contributed by atoms with van der Waals surface area (Å²) in [6.45, 7) is 2.23. The van der Waals surface area contributed by atoms with Gasteiger partial charge in [-0.2, -0.15) is 0 Å². The maximum absolute atomic E-state index is 2.39. The molecule has 0 saturated heterocycles. The molecule has 0 amide bonds. The van der Waals surface area contributed by atoms with Gasteiger partial charge in [0.25, 0.3) is 0 Å². The number of aromatic nitrogens is 1. The Kier molecular flexibility index (Phi) is 4.29. The fourth-order valence-electron chi connectivity index (χ4n) is 5.09. The van der Waals surface area contributed by atoms with E-state index in [9.17, 15) is 0 Å². The number of rotatable bonds is 1. The van der Waals surface area contributed by atoms with Crippen LogP contribution < -0.4 is 4.57 Å². The summed E-state index contributed by atoms with van der Waals surface area (Å²) in [7, 11) is 2.12. The zero-order valence-electron chi connectivity index (χ0n) is 18.3. The molecule has 0 radical (unpaired) electrons. The SMILES string of the molecule is Cc1cc2c(cc1-c1cccc[n+]1C)-c1ccccc1-c1ccccc1-c1ccccc1-2. The Morgan fingerprint density at radius 1 is 0.438 bits per heavy atom. The van der Waals surface area contributed by atoms with Gasteiger partial charge in [0.15, 0.2) is 6.20 Å². The summed E-state index contributed by atoms with van der Waals surface area (Å²) in [5.74, 6) is 0. The molecule has 0 atom stereocenters. The van der Waals surface area contributed by atoms with Crippen LogP contribution in [0.2, 0.25) is 0 Å². The molecule has 152 valence electrons. The van der Waals surface area contributed by atoms with Crippen molar-refractivity contribution in [1.82, 2.24) is 0 Å². The van der Waals surface area contributed by atoms with Gasteiger partial charge in [0, 0.05) is 17.7 Å². The molecule has 0 spiro atoms. The van der Waals surface area contributed by atoms with Crippen molar-refractivity contribution >= 4 is 0 Å². The third kappa shape index (κ3) is 2.82. The quantitative estimate of drug-likeness (QED) is 0.248. The normalized spacial score (nSPS) is 11.4. The van der Waals surface area contributed by atoms with E-state index in [2.05, 4.69) is 128 Å². The van der Waals surface area contributed by atoms with Gasteiger partial charge in [0.2, 0.25) is 5.69 Å². The van der Waals surface area contributed by atoms with Gasteiger partial charge in [-0.15, -0.1) is 0 Å². The molecule has 4 aromatic carbocycles. The van der Waals surface area contributed by atoms with Gasteiger partial charge in [-0.25, -0.2) is 4.57 Å². The topological polar surface area (TPSA) is 3.88 Å². The van der Waals surface area contributed by atoms with Gasteiger partial charge < -0.3 is 0 Å². The second kappa shape index (κ2) is 7.32. The first-order valence-electron chi connectivity index (χ1n) is 11.1. The summed E-state index contributed by atoms with van der Waals surface area (Å²) in [4.78, 5) is 0. The van der Waals surface area contributed by atoms with E-state index >= 15 is 0 Å². The molecule has 32 heavy (non-hydrogen) atoms. The van der Waals surface area contributed by atoms with Crippen molar-refractivity contribution in [1.29, 1.82) is 0 Å². The van der Waals surface area contributed by atoms with E-state index in [1.165, 1.54) is 61.3 Å². The van der Waals surface area contributed by atoms with E-state index in [4.69, 9.17) is 0 Å². The van der Waals surface area contributed by atoms with Crippen LogP contribution in [0.25, 0.3) is 55.8 Å². The average molecular weight is 411 g/mol. The number of hydrogen-bond acceptors (Lipinski definition) is 0. The molecule has 0 saturated carbocycles. The first-order valence-corrected chi connectivity index (χ1v) is 11.1. The third-order valence-corrected chi connectivity index (χ3v) is 6.64. The van der Waals surface area contributed by atoms with E-state index in [-0.39, 0.29) is 0 Å². The standard InChI is InChI=1S/C31H24N/c1-21-19-29-26-15-7-5-13-24(26)22-11-3-4-12-23(22)25-14-6-8-16-27(25)30(29)20-28(21)31-17-9-10-18-32(31)2/h3-20H,1-2H3/q+1. The fourth-order valence-corrected chi connectivity index (χ4v) is 5.09. The second-order valence-electron chi connectivity index (χ2n) is 8.55. The predicted octanol–water partition coefficient (Wildman–Crippen LogP) is 7.47. The molecule has 1 aliphatic carbocycles. The largest absolute Gasteiger partial charge is 0.212 e. The zero-order chi connectivity index (χ0) is 21.7. The van der Waals surface area contributed by atoms with E-state index < -0.39 is 0 Å². The van der Waals surface area contributed by atoms with Crippen molar-refractivity contribution in [3.05, 3.63) is 115 Å². The minimum Gasteiger partial charge on any atom is -0.201 e. The van der Waals surface area contributed by atoms with Crippen molar-refractivity contribution < 1.29 is 4.57 Å². The third-order valence-electron chi connectivity index (χ3n) is 6.64. The highest BCUT2D eigenvalue weighted by Gasteiger charge is 2.23. The fraction of sp³-hybridized carbons (Fsp3) is 0.0645. The Morgan fingerprint density at radius 3 is 1.31 bits per heavy atom. The number of benzene rings is 4. The van der Waals surface area contributed by atoms with Crippen LogP contribution in [0.15, 0.2) is 109 Å². The highest BCUT2D eigenvalue weighted by atomic mass is 14.9. The number of hydrogen-bond donors (Lipinski definition) is 0. The lowest BCUT2D eigenvalue weighted by Gasteiger charge is -2.24. The highest BCUT2D eigenvalue weighted by Crippen LogP contribution is 2.48. The van der Waals surface area contributed by atoms with E-state index in [0.29, 0.717) is 0 Å². The Hall–Kier alpha value is -3.97. The summed E-state index contributed by atoms with van der Waals surface area (Å²) < 4.78 is 2.20. The van der Waals surface area contributed by atoms with Crippen LogP contribution in [0.4, 0.5) is 0 Å². The predicted molar refractivity (Wildman–Crippen MR) is 133 cm³/mol. The molecule has 6 rings (SSSR count). The molecule has 1 heteroatoms. The Bertz CT molecular complexity index is 1490. The lowest BCUT2D eigenvalue weighted by atomic mass is 9.79. The molecule has 0 bridgehead atoms. The van der Waals surface area contributed by atoms with Gasteiger partial charge in [0.05, 0.1) is 0 Å². The monoisotopic (exact) mass is 410 g/mol. The van der Waals surface area contributed by atoms with E-state index in [1.807, 2.05) is 0 Å². The van der Waals surface area contributed by atoms with Crippen LogP contribution >= 0.6 is 0 Å². The van der Waals surface area contributed by atoms with Crippen molar-refractivity contribution in [2.75, 3.05) is 0 Å². The number of nitrogens with zero attached hydrogens (tertiary/aromatic N) is 1. The van der Waals surface area contributed by atoms with Crippen LogP contribution in [0.5, 0.6) is 0 Å². The maximum Gasteiger partial charge on any atom is 0.212 e. The van der Waals surface area contributed by atoms with Crippen LogP contribution in [0.3, 0.4) is 0 Å². The van der Waals surface area contributed by atoms with Crippen molar-refractivity contribution in [3.8, 4) is 55.8 Å². The molecule has 0 N–H and O–H groups in total. The molecule has 1 heterocycles. The minimum atomic E-state index is 1.22. The Labute approximate surface area is 189 Å². The summed E-state index contributed by atoms with van der Waals surface area (Å²) in [6.07, 6.45) is 2.12. The van der Waals surface area contributed by atoms with Crippen molar-refractivity contribution in [3.63, 3.8) is 0 Å². The Morgan fingerprint density at radius 2 is 0.844 bits per heavy atom. The van der Waals surface area contributed by atoms with Gasteiger partial charge in [-0.05, 0) is 75.2 Å². The van der Waals surface area contributed by atoms with Gasteiger partial charge in [-0.3, -0.25) is 0 Å². The van der Waals surface area contributed by atoms with Crippen molar-refractivity contribution in [2.45, 2.75) is 6.92 Å². The van der Waals surface area contributed by atoms with Crippen LogP contribution in [0, 0.1) is 6.92 Å². The molecule has 0 unspecified atom stereocenters. The molecule has 1 nitrogen and oxygen atoms in total. The maximum atomic E-state index is 2.39. The zero-order valence-corrected chi connectivity index (χ0v) is 18.3. The van der Waals surface area contributed by atoms with Gasteiger partial charge >= 0.3 is 0 Å². The lowest BCUT2D eigenvalue weighted by Crippen LogP contribution is -2.30. The molecule has 0 fully saturated rings. The van der Waals surface area contributed by atoms with Gasteiger partial charge in [-0.1, -0.05) is 72.8 Å². The first kappa shape index (κ1) is 18.8. The summed E-state index contributed by atoms with van der Waals surface area (Å²) in [5, 5.41) is 0. The summed E-state index contributed by atoms with van der Waals surface area (Å²) in [5.41, 5.74) is 14.1. The van der Waals surface area contributed by atoms with E-state index in [1.54, 1.807) is 0 Å². The average Bonchev–Trinajstić information content (AvgIpc) is 2.84. The van der Waals surface area contributed by atoms with Crippen LogP contribution in [-0.4, -0.2) is 0 Å². The summed E-state index contributed by atoms with van der Waals surface area (Å²) in [6, 6.07) is 37.6. The van der Waals surface area contributed by atoms with Crippen LogP contribution in [-0.2, 0) is 7.05 Å². The molecule has 0 aliphatic heterocycles. The minimum absolute atomic E-state index is 1.22. The Balaban J connectivity index is 1.76. The molecule has 5 aromatic rings. The molecular weight excluding hydrogens is 386 g/mol. The van der Waals surface area contributed by atoms with Crippen molar-refractivity contribution in [2.24, 2.45) is 7.05 Å². The molecular formula is C31H24N+. The number of aryl methyl sites for hydroxylation is 2. The highest BCUT2D eigenvalue weighted by molar-refractivity contribution is 6.03. The number of fused-ring (bicyclic) bond motifs is 8. The molecule has 1 aromatic heterocycles.